The first-order chi connectivity index (χ1) is 7.69. The molecular formula is C11H17NO4. The molecular weight excluding hydrogens is 210 g/mol. The minimum absolute atomic E-state index is 0.283. The first-order valence-corrected chi connectivity index (χ1v) is 4.84. The van der Waals surface area contributed by atoms with Gasteiger partial charge in [0.15, 0.2) is 11.5 Å². The van der Waals surface area contributed by atoms with Crippen LogP contribution in [0.25, 0.3) is 0 Å². The highest BCUT2D eigenvalue weighted by molar-refractivity contribution is 5.56. The van der Waals surface area contributed by atoms with Crippen molar-refractivity contribution in [1.82, 2.24) is 0 Å². The summed E-state index contributed by atoms with van der Waals surface area (Å²) < 4.78 is 15.7. The fraction of sp³-hybridized carbons (Fsp3) is 0.455. The number of benzene rings is 1. The molecule has 0 fully saturated rings. The summed E-state index contributed by atoms with van der Waals surface area (Å²) in [6, 6.07) is 3.62. The first kappa shape index (κ1) is 12.6. The van der Waals surface area contributed by atoms with Crippen LogP contribution in [0.4, 0.5) is 0 Å². The van der Waals surface area contributed by atoms with Crippen LogP contribution in [-0.2, 0) is 4.84 Å². The van der Waals surface area contributed by atoms with Crippen molar-refractivity contribution in [1.29, 1.82) is 0 Å². The van der Waals surface area contributed by atoms with E-state index in [4.69, 9.17) is 24.9 Å². The smallest absolute Gasteiger partial charge is 0.203 e. The Kier molecular flexibility index (Phi) is 4.39. The van der Waals surface area contributed by atoms with Gasteiger partial charge in [-0.05, 0) is 19.1 Å². The predicted octanol–water partition coefficient (Wildman–Crippen LogP) is 1.66. The second-order valence-electron chi connectivity index (χ2n) is 3.20. The van der Waals surface area contributed by atoms with Crippen LogP contribution in [-0.4, -0.2) is 21.3 Å². The second-order valence-corrected chi connectivity index (χ2v) is 3.20. The molecule has 0 amide bonds. The van der Waals surface area contributed by atoms with Gasteiger partial charge in [0.25, 0.3) is 0 Å². The van der Waals surface area contributed by atoms with Crippen molar-refractivity contribution in [3.63, 3.8) is 0 Å². The number of rotatable bonds is 5. The third-order valence-electron chi connectivity index (χ3n) is 2.38. The number of nitrogens with two attached hydrogens (primary N) is 1. The van der Waals surface area contributed by atoms with Crippen molar-refractivity contribution >= 4 is 0 Å². The van der Waals surface area contributed by atoms with Gasteiger partial charge in [0, 0.05) is 5.56 Å². The second kappa shape index (κ2) is 5.58. The SMILES string of the molecule is COc1ccc(C(C)ON)c(OC)c1OC. The summed E-state index contributed by atoms with van der Waals surface area (Å²) in [6.07, 6.45) is -0.283. The third-order valence-corrected chi connectivity index (χ3v) is 2.38. The minimum atomic E-state index is -0.283. The molecule has 1 rings (SSSR count). The molecule has 16 heavy (non-hydrogen) atoms. The number of hydrogen-bond acceptors (Lipinski definition) is 5. The summed E-state index contributed by atoms with van der Waals surface area (Å²) in [5, 5.41) is 0. The van der Waals surface area contributed by atoms with Gasteiger partial charge in [-0.15, -0.1) is 0 Å². The van der Waals surface area contributed by atoms with Crippen LogP contribution >= 0.6 is 0 Å². The van der Waals surface area contributed by atoms with E-state index in [0.29, 0.717) is 17.2 Å². The highest BCUT2D eigenvalue weighted by atomic mass is 16.6. The quantitative estimate of drug-likeness (QED) is 0.775. The van der Waals surface area contributed by atoms with E-state index in [0.717, 1.165) is 5.56 Å². The van der Waals surface area contributed by atoms with Crippen LogP contribution in [0.3, 0.4) is 0 Å². The van der Waals surface area contributed by atoms with Crippen molar-refractivity contribution in [2.75, 3.05) is 21.3 Å². The molecule has 0 heterocycles. The Bertz CT molecular complexity index is 354. The van der Waals surface area contributed by atoms with Crippen LogP contribution in [0.1, 0.15) is 18.6 Å². The van der Waals surface area contributed by atoms with Crippen LogP contribution in [0.15, 0.2) is 12.1 Å². The molecule has 1 aromatic carbocycles. The Morgan fingerprint density at radius 2 is 1.62 bits per heavy atom. The Morgan fingerprint density at radius 1 is 1.00 bits per heavy atom. The summed E-state index contributed by atoms with van der Waals surface area (Å²) in [5.74, 6) is 6.87. The van der Waals surface area contributed by atoms with E-state index in [9.17, 15) is 0 Å². The van der Waals surface area contributed by atoms with Gasteiger partial charge in [0.2, 0.25) is 5.75 Å². The zero-order valence-corrected chi connectivity index (χ0v) is 9.94. The van der Waals surface area contributed by atoms with Crippen molar-refractivity contribution < 1.29 is 19.0 Å². The van der Waals surface area contributed by atoms with Gasteiger partial charge in [-0.1, -0.05) is 0 Å². The highest BCUT2D eigenvalue weighted by Gasteiger charge is 2.19. The molecule has 2 N–H and O–H groups in total. The molecule has 5 nitrogen and oxygen atoms in total. The molecule has 0 spiro atoms. The van der Waals surface area contributed by atoms with E-state index in [1.54, 1.807) is 27.4 Å². The van der Waals surface area contributed by atoms with Crippen molar-refractivity contribution in [3.8, 4) is 17.2 Å². The monoisotopic (exact) mass is 227 g/mol. The lowest BCUT2D eigenvalue weighted by Crippen LogP contribution is -2.08. The molecule has 1 aromatic rings. The average Bonchev–Trinajstić information content (AvgIpc) is 2.35. The molecule has 0 aliphatic carbocycles. The van der Waals surface area contributed by atoms with Gasteiger partial charge in [-0.25, -0.2) is 5.90 Å². The normalized spacial score (nSPS) is 12.1. The van der Waals surface area contributed by atoms with Crippen molar-refractivity contribution in [2.45, 2.75) is 13.0 Å². The molecule has 1 atom stereocenters. The number of hydrogen-bond donors (Lipinski definition) is 1. The molecule has 0 radical (unpaired) electrons. The van der Waals surface area contributed by atoms with E-state index >= 15 is 0 Å². The number of methoxy groups -OCH3 is 3. The van der Waals surface area contributed by atoms with E-state index < -0.39 is 0 Å². The molecule has 90 valence electrons. The first-order valence-electron chi connectivity index (χ1n) is 4.84. The van der Waals surface area contributed by atoms with Crippen LogP contribution in [0.5, 0.6) is 17.2 Å². The molecule has 0 aromatic heterocycles. The predicted molar refractivity (Wildman–Crippen MR) is 59.8 cm³/mol. The summed E-state index contributed by atoms with van der Waals surface area (Å²) >= 11 is 0. The van der Waals surface area contributed by atoms with Gasteiger partial charge < -0.3 is 14.2 Å². The maximum Gasteiger partial charge on any atom is 0.203 e. The highest BCUT2D eigenvalue weighted by Crippen LogP contribution is 2.42. The summed E-state index contributed by atoms with van der Waals surface area (Å²) in [7, 11) is 4.68. The molecule has 0 aliphatic heterocycles. The average molecular weight is 227 g/mol. The third kappa shape index (κ3) is 2.20. The maximum absolute atomic E-state index is 5.29. The van der Waals surface area contributed by atoms with Crippen LogP contribution in [0, 0.1) is 0 Å². The fourth-order valence-electron chi connectivity index (χ4n) is 1.52. The number of ether oxygens (including phenoxy) is 3. The molecule has 0 bridgehead atoms. The van der Waals surface area contributed by atoms with E-state index in [1.807, 2.05) is 13.0 Å². The van der Waals surface area contributed by atoms with Gasteiger partial charge in [0.1, 0.15) is 6.10 Å². The molecule has 0 aliphatic rings. The Labute approximate surface area is 95.0 Å². The lowest BCUT2D eigenvalue weighted by atomic mass is 10.1. The molecule has 0 saturated carbocycles. The Balaban J connectivity index is 3.31. The lowest BCUT2D eigenvalue weighted by Gasteiger charge is -2.18. The zero-order chi connectivity index (χ0) is 12.1. The largest absolute Gasteiger partial charge is 0.493 e. The van der Waals surface area contributed by atoms with Gasteiger partial charge in [-0.2, -0.15) is 0 Å². The van der Waals surface area contributed by atoms with Gasteiger partial charge in [-0.3, -0.25) is 4.84 Å². The van der Waals surface area contributed by atoms with Crippen LogP contribution in [0.2, 0.25) is 0 Å². The molecule has 0 saturated heterocycles. The maximum atomic E-state index is 5.29. The Morgan fingerprint density at radius 3 is 2.06 bits per heavy atom. The minimum Gasteiger partial charge on any atom is -0.493 e. The van der Waals surface area contributed by atoms with Crippen molar-refractivity contribution in [2.24, 2.45) is 5.90 Å². The molecule has 1 unspecified atom stereocenters. The van der Waals surface area contributed by atoms with E-state index in [2.05, 4.69) is 0 Å². The standard InChI is InChI=1S/C11H17NO4/c1-7(16-12)8-5-6-9(13-2)11(15-4)10(8)14-3/h5-7H,12H2,1-4H3. The van der Waals surface area contributed by atoms with Crippen molar-refractivity contribution in [3.05, 3.63) is 17.7 Å². The van der Waals surface area contributed by atoms with Gasteiger partial charge in [0.05, 0.1) is 21.3 Å². The lowest BCUT2D eigenvalue weighted by molar-refractivity contribution is 0.0642. The van der Waals surface area contributed by atoms with Gasteiger partial charge >= 0.3 is 0 Å². The van der Waals surface area contributed by atoms with E-state index in [1.165, 1.54) is 0 Å². The summed E-state index contributed by atoms with van der Waals surface area (Å²) in [5.41, 5.74) is 0.808. The topological polar surface area (TPSA) is 62.9 Å². The summed E-state index contributed by atoms with van der Waals surface area (Å²) in [6.45, 7) is 1.82. The zero-order valence-electron chi connectivity index (χ0n) is 9.94. The van der Waals surface area contributed by atoms with Crippen LogP contribution < -0.4 is 20.1 Å². The Hall–Kier alpha value is -1.46. The fourth-order valence-corrected chi connectivity index (χ4v) is 1.52. The van der Waals surface area contributed by atoms with E-state index in [-0.39, 0.29) is 6.10 Å². The summed E-state index contributed by atoms with van der Waals surface area (Å²) in [4.78, 5) is 4.78. The molecule has 5 heteroatoms.